The summed E-state index contributed by atoms with van der Waals surface area (Å²) in [5.74, 6) is -1.03. The minimum atomic E-state index is -0.969. The average molecular weight is 440 g/mol. The van der Waals surface area contributed by atoms with E-state index in [1.807, 2.05) is 27.7 Å². The maximum absolute atomic E-state index is 13.2. The van der Waals surface area contributed by atoms with Gasteiger partial charge in [-0.15, -0.1) is 0 Å². The van der Waals surface area contributed by atoms with Crippen LogP contribution >= 0.6 is 0 Å². The van der Waals surface area contributed by atoms with Crippen LogP contribution in [0.3, 0.4) is 0 Å². The maximum atomic E-state index is 13.2. The van der Waals surface area contributed by atoms with E-state index in [0.29, 0.717) is 0 Å². The molecule has 0 bridgehead atoms. The second kappa shape index (κ2) is 9.64. The highest BCUT2D eigenvalue weighted by atomic mass is 16.7. The lowest BCUT2D eigenvalue weighted by Gasteiger charge is -2.21. The molecule has 0 heterocycles. The van der Waals surface area contributed by atoms with Gasteiger partial charge in [0.15, 0.2) is 11.6 Å². The largest absolute Gasteiger partial charge is 0.513 e. The predicted octanol–water partition coefficient (Wildman–Crippen LogP) is 4.80. The molecule has 0 amide bonds. The number of carbonyl (C=O) groups is 4. The van der Waals surface area contributed by atoms with E-state index < -0.39 is 23.9 Å². The first-order valence-electron chi connectivity index (χ1n) is 10.2. The van der Waals surface area contributed by atoms with Gasteiger partial charge in [0.25, 0.3) is 0 Å². The summed E-state index contributed by atoms with van der Waals surface area (Å²) in [7, 11) is 0. The molecule has 0 atom stereocenters. The number of hydrogen-bond donors (Lipinski definition) is 0. The van der Waals surface area contributed by atoms with Crippen LogP contribution in [0.2, 0.25) is 0 Å². The highest BCUT2D eigenvalue weighted by Gasteiger charge is 2.35. The molecule has 3 rings (SSSR count). The fourth-order valence-corrected chi connectivity index (χ4v) is 3.06. The first-order chi connectivity index (χ1) is 15.2. The van der Waals surface area contributed by atoms with Gasteiger partial charge in [-0.1, -0.05) is 52.0 Å². The molecular weight excluding hydrogens is 416 g/mol. The third-order valence-electron chi connectivity index (χ3n) is 4.45. The van der Waals surface area contributed by atoms with Crippen molar-refractivity contribution in [3.63, 3.8) is 0 Å². The minimum Gasteiger partial charge on any atom is -0.434 e. The fraction of sp³-hybridized carbons (Fsp3) is 0.333. The summed E-state index contributed by atoms with van der Waals surface area (Å²) in [5.41, 5.74) is -0.0384. The van der Waals surface area contributed by atoms with Gasteiger partial charge in [-0.05, 0) is 24.0 Å². The molecular formula is C24H24O8. The Bertz CT molecular complexity index is 982. The third-order valence-corrected chi connectivity index (χ3v) is 4.45. The molecule has 1 aliphatic rings. The van der Waals surface area contributed by atoms with Crippen LogP contribution in [-0.4, -0.2) is 37.1 Å². The van der Waals surface area contributed by atoms with E-state index in [4.69, 9.17) is 18.9 Å². The van der Waals surface area contributed by atoms with Crippen molar-refractivity contribution in [3.8, 4) is 11.5 Å². The second-order valence-electron chi connectivity index (χ2n) is 8.13. The summed E-state index contributed by atoms with van der Waals surface area (Å²) in [6, 6.07) is 8.68. The predicted molar refractivity (Wildman–Crippen MR) is 113 cm³/mol. The maximum Gasteiger partial charge on any atom is 0.513 e. The van der Waals surface area contributed by atoms with Crippen LogP contribution < -0.4 is 9.47 Å². The molecule has 2 aromatic carbocycles. The van der Waals surface area contributed by atoms with Crippen LogP contribution in [0.25, 0.3) is 0 Å². The SMILES string of the molecule is CC(C)COC(=O)Oc1cccc2c1C(=O)c1cccc(OC(=O)OCC(C)C)c1C2=O. The Labute approximate surface area is 185 Å². The summed E-state index contributed by atoms with van der Waals surface area (Å²) in [6.07, 6.45) is -1.94. The quantitative estimate of drug-likeness (QED) is 0.397. The Morgan fingerprint density at radius 1 is 0.688 bits per heavy atom. The number of benzene rings is 2. The van der Waals surface area contributed by atoms with Crippen LogP contribution in [0.15, 0.2) is 36.4 Å². The van der Waals surface area contributed by atoms with E-state index in [0.717, 1.165) is 0 Å². The molecule has 2 aromatic rings. The molecule has 168 valence electrons. The van der Waals surface area contributed by atoms with Crippen molar-refractivity contribution in [1.29, 1.82) is 0 Å². The van der Waals surface area contributed by atoms with Gasteiger partial charge in [0, 0.05) is 11.1 Å². The molecule has 8 heteroatoms. The van der Waals surface area contributed by atoms with Gasteiger partial charge in [-0.2, -0.15) is 0 Å². The summed E-state index contributed by atoms with van der Waals surface area (Å²) in [5, 5.41) is 0. The summed E-state index contributed by atoms with van der Waals surface area (Å²) in [6.45, 7) is 7.78. The van der Waals surface area contributed by atoms with Gasteiger partial charge in [-0.3, -0.25) is 9.59 Å². The van der Waals surface area contributed by atoms with Crippen LogP contribution in [0.4, 0.5) is 9.59 Å². The van der Waals surface area contributed by atoms with E-state index in [1.165, 1.54) is 36.4 Å². The molecule has 8 nitrogen and oxygen atoms in total. The number of fused-ring (bicyclic) bond motifs is 2. The highest BCUT2D eigenvalue weighted by Crippen LogP contribution is 2.37. The summed E-state index contributed by atoms with van der Waals surface area (Å²) in [4.78, 5) is 50.5. The average Bonchev–Trinajstić information content (AvgIpc) is 2.74. The van der Waals surface area contributed by atoms with E-state index in [2.05, 4.69) is 0 Å². The molecule has 0 saturated carbocycles. The molecule has 0 N–H and O–H groups in total. The Morgan fingerprint density at radius 3 is 1.41 bits per heavy atom. The first-order valence-corrected chi connectivity index (χ1v) is 10.2. The van der Waals surface area contributed by atoms with Crippen molar-refractivity contribution in [2.75, 3.05) is 13.2 Å². The number of ketones is 2. The van der Waals surface area contributed by atoms with E-state index in [9.17, 15) is 19.2 Å². The minimum absolute atomic E-state index is 0.0308. The molecule has 1 aliphatic carbocycles. The normalized spacial score (nSPS) is 12.3. The Kier molecular flexibility index (Phi) is 6.92. The van der Waals surface area contributed by atoms with Crippen molar-refractivity contribution >= 4 is 23.9 Å². The molecule has 0 unspecified atom stereocenters. The van der Waals surface area contributed by atoms with Gasteiger partial charge in [-0.25, -0.2) is 9.59 Å². The van der Waals surface area contributed by atoms with E-state index in [-0.39, 0.29) is 58.8 Å². The van der Waals surface area contributed by atoms with Gasteiger partial charge in [0.05, 0.1) is 24.3 Å². The molecule has 0 aliphatic heterocycles. The van der Waals surface area contributed by atoms with Gasteiger partial charge < -0.3 is 18.9 Å². The zero-order valence-electron chi connectivity index (χ0n) is 18.3. The van der Waals surface area contributed by atoms with E-state index in [1.54, 1.807) is 0 Å². The number of hydrogen-bond acceptors (Lipinski definition) is 8. The van der Waals surface area contributed by atoms with Crippen molar-refractivity contribution in [3.05, 3.63) is 58.7 Å². The van der Waals surface area contributed by atoms with Crippen molar-refractivity contribution in [2.45, 2.75) is 27.7 Å². The Balaban J connectivity index is 1.92. The van der Waals surface area contributed by atoms with Crippen LogP contribution in [0.5, 0.6) is 11.5 Å². The molecule has 32 heavy (non-hydrogen) atoms. The molecule has 0 fully saturated rings. The van der Waals surface area contributed by atoms with Crippen molar-refractivity contribution in [2.24, 2.45) is 11.8 Å². The lowest BCUT2D eigenvalue weighted by Crippen LogP contribution is -2.25. The number of rotatable bonds is 6. The van der Waals surface area contributed by atoms with E-state index >= 15 is 0 Å². The van der Waals surface area contributed by atoms with Crippen LogP contribution in [0, 0.1) is 11.8 Å². The lowest BCUT2D eigenvalue weighted by molar-refractivity contribution is 0.0851. The number of carbonyl (C=O) groups excluding carboxylic acids is 4. The van der Waals surface area contributed by atoms with Crippen molar-refractivity contribution in [1.82, 2.24) is 0 Å². The lowest BCUT2D eigenvalue weighted by atomic mass is 9.83. The third kappa shape index (κ3) is 4.96. The highest BCUT2D eigenvalue weighted by molar-refractivity contribution is 6.30. The standard InChI is InChI=1S/C24H24O8/c1-13(2)11-29-23(27)31-17-9-5-7-15-19(17)21(25)16-8-6-10-18(20(16)22(15)26)32-24(28)30-12-14(3)4/h5-10,13-14H,11-12H2,1-4H3. The van der Waals surface area contributed by atoms with Gasteiger partial charge in [0.2, 0.25) is 0 Å². The number of ether oxygens (including phenoxy) is 4. The van der Waals surface area contributed by atoms with Crippen LogP contribution in [0.1, 0.15) is 59.5 Å². The second-order valence-corrected chi connectivity index (χ2v) is 8.13. The van der Waals surface area contributed by atoms with Gasteiger partial charge >= 0.3 is 12.3 Å². The summed E-state index contributed by atoms with van der Waals surface area (Å²) >= 11 is 0. The Hall–Kier alpha value is -3.68. The van der Waals surface area contributed by atoms with Crippen molar-refractivity contribution < 1.29 is 38.1 Å². The molecule has 0 radical (unpaired) electrons. The zero-order valence-corrected chi connectivity index (χ0v) is 18.3. The van der Waals surface area contributed by atoms with Crippen LogP contribution in [-0.2, 0) is 9.47 Å². The monoisotopic (exact) mass is 440 g/mol. The first kappa shape index (κ1) is 23.0. The van der Waals surface area contributed by atoms with Gasteiger partial charge in [0.1, 0.15) is 11.5 Å². The zero-order chi connectivity index (χ0) is 23.4. The smallest absolute Gasteiger partial charge is 0.434 e. The molecule has 0 spiro atoms. The molecule has 0 aromatic heterocycles. The Morgan fingerprint density at radius 2 is 1.06 bits per heavy atom. The molecule has 0 saturated heterocycles. The fourth-order valence-electron chi connectivity index (χ4n) is 3.06. The topological polar surface area (TPSA) is 105 Å². The summed E-state index contributed by atoms with van der Waals surface area (Å²) < 4.78 is 20.4.